The van der Waals surface area contributed by atoms with Crippen molar-refractivity contribution in [3.63, 3.8) is 0 Å². The molecule has 4 bridgehead atoms. The van der Waals surface area contributed by atoms with Crippen molar-refractivity contribution in [3.8, 4) is 0 Å². The molecule has 6 nitrogen and oxygen atoms in total. The molecule has 4 saturated carbocycles. The van der Waals surface area contributed by atoms with Crippen molar-refractivity contribution in [2.45, 2.75) is 44.9 Å². The maximum absolute atomic E-state index is 12.9. The van der Waals surface area contributed by atoms with Gasteiger partial charge < -0.3 is 16.4 Å². The monoisotopic (exact) mass is 369 g/mol. The van der Waals surface area contributed by atoms with Gasteiger partial charge >= 0.3 is 0 Å². The quantitative estimate of drug-likeness (QED) is 0.715. The Balaban J connectivity index is 1.35. The van der Waals surface area contributed by atoms with Crippen LogP contribution in [0.4, 0.5) is 5.69 Å². The number of nitrogens with one attached hydrogen (secondary N) is 2. The van der Waals surface area contributed by atoms with E-state index in [2.05, 4.69) is 10.6 Å². The lowest BCUT2D eigenvalue weighted by Gasteiger charge is -2.55. The third-order valence-electron chi connectivity index (χ3n) is 6.59. The zero-order chi connectivity index (χ0) is 19.0. The van der Waals surface area contributed by atoms with Gasteiger partial charge in [-0.3, -0.25) is 14.4 Å². The summed E-state index contributed by atoms with van der Waals surface area (Å²) in [7, 11) is 0. The molecule has 0 aliphatic heterocycles. The van der Waals surface area contributed by atoms with Crippen molar-refractivity contribution in [2.24, 2.45) is 28.9 Å². The Kier molecular flexibility index (Phi) is 4.66. The highest BCUT2D eigenvalue weighted by Crippen LogP contribution is 2.60. The van der Waals surface area contributed by atoms with Gasteiger partial charge in [-0.15, -0.1) is 0 Å². The summed E-state index contributed by atoms with van der Waals surface area (Å²) in [5.41, 5.74) is 6.24. The molecule has 0 radical (unpaired) electrons. The average molecular weight is 369 g/mol. The first-order chi connectivity index (χ1) is 12.9. The molecule has 4 N–H and O–H groups in total. The van der Waals surface area contributed by atoms with E-state index in [-0.39, 0.29) is 30.2 Å². The number of anilines is 1. The maximum Gasteiger partial charge on any atom is 0.243 e. The van der Waals surface area contributed by atoms with Crippen LogP contribution in [-0.2, 0) is 20.8 Å². The smallest absolute Gasteiger partial charge is 0.243 e. The number of hydrogen-bond donors (Lipinski definition) is 3. The summed E-state index contributed by atoms with van der Waals surface area (Å²) in [6, 6.07) is 7.07. The molecule has 0 saturated heterocycles. The highest BCUT2D eigenvalue weighted by atomic mass is 16.2. The van der Waals surface area contributed by atoms with Crippen molar-refractivity contribution in [2.75, 3.05) is 11.9 Å². The number of rotatable bonds is 6. The maximum atomic E-state index is 12.9. The number of amides is 3. The first-order valence-corrected chi connectivity index (χ1v) is 9.88. The minimum atomic E-state index is -0.452. The summed E-state index contributed by atoms with van der Waals surface area (Å²) < 4.78 is 0. The molecule has 6 heteroatoms. The van der Waals surface area contributed by atoms with Crippen LogP contribution in [0, 0.1) is 23.2 Å². The average Bonchev–Trinajstić information content (AvgIpc) is 2.60. The molecule has 1 aromatic carbocycles. The van der Waals surface area contributed by atoms with Crippen molar-refractivity contribution in [1.82, 2.24) is 5.32 Å². The molecule has 0 spiro atoms. The topological polar surface area (TPSA) is 101 Å². The molecule has 144 valence electrons. The van der Waals surface area contributed by atoms with E-state index in [0.717, 1.165) is 19.3 Å². The largest absolute Gasteiger partial charge is 0.369 e. The first-order valence-electron chi connectivity index (χ1n) is 9.88. The number of carbonyl (C=O) groups is 3. The predicted octanol–water partition coefficient (Wildman–Crippen LogP) is 1.99. The van der Waals surface area contributed by atoms with E-state index in [1.165, 1.54) is 19.3 Å². The zero-order valence-corrected chi connectivity index (χ0v) is 15.5. The molecule has 27 heavy (non-hydrogen) atoms. The second-order valence-electron chi connectivity index (χ2n) is 8.73. The van der Waals surface area contributed by atoms with E-state index in [0.29, 0.717) is 29.0 Å². The summed E-state index contributed by atoms with van der Waals surface area (Å²) in [5.74, 6) is 1.38. The second-order valence-corrected chi connectivity index (χ2v) is 8.73. The van der Waals surface area contributed by atoms with E-state index in [9.17, 15) is 14.4 Å². The molecule has 3 amide bonds. The lowest BCUT2D eigenvalue weighted by Crippen LogP contribution is -2.54. The Hall–Kier alpha value is -2.37. The lowest BCUT2D eigenvalue weighted by atomic mass is 9.49. The molecule has 4 fully saturated rings. The fraction of sp³-hybridized carbons (Fsp3) is 0.571. The number of para-hydroxylation sites is 1. The number of nitrogens with two attached hydrogens (primary N) is 1. The molecule has 0 heterocycles. The van der Waals surface area contributed by atoms with Gasteiger partial charge in [-0.25, -0.2) is 0 Å². The van der Waals surface area contributed by atoms with Crippen molar-refractivity contribution in [3.05, 3.63) is 29.8 Å². The lowest BCUT2D eigenvalue weighted by molar-refractivity contribution is -0.146. The molecule has 0 unspecified atom stereocenters. The van der Waals surface area contributed by atoms with Gasteiger partial charge in [0, 0.05) is 11.1 Å². The number of carbonyl (C=O) groups excluding carboxylic acids is 3. The van der Waals surface area contributed by atoms with E-state index < -0.39 is 5.91 Å². The van der Waals surface area contributed by atoms with Crippen LogP contribution in [0.1, 0.15) is 44.1 Å². The van der Waals surface area contributed by atoms with Gasteiger partial charge in [0.05, 0.1) is 13.0 Å². The van der Waals surface area contributed by atoms with E-state index in [1.807, 2.05) is 0 Å². The summed E-state index contributed by atoms with van der Waals surface area (Å²) in [4.78, 5) is 36.4. The van der Waals surface area contributed by atoms with Crippen LogP contribution >= 0.6 is 0 Å². The minimum Gasteiger partial charge on any atom is -0.369 e. The van der Waals surface area contributed by atoms with Crippen LogP contribution in [-0.4, -0.2) is 24.3 Å². The van der Waals surface area contributed by atoms with Gasteiger partial charge in [0.25, 0.3) is 0 Å². The molecule has 1 aromatic rings. The van der Waals surface area contributed by atoms with Gasteiger partial charge in [0.1, 0.15) is 0 Å². The van der Waals surface area contributed by atoms with E-state index in [1.54, 1.807) is 24.3 Å². The molecular formula is C21H27N3O3. The SMILES string of the molecule is NC(=O)Cc1ccccc1NC(=O)CNC(=O)C12CC3CC(CC(C3)C1)C2. The van der Waals surface area contributed by atoms with Gasteiger partial charge in [-0.2, -0.15) is 0 Å². The highest BCUT2D eigenvalue weighted by Gasteiger charge is 2.54. The van der Waals surface area contributed by atoms with E-state index >= 15 is 0 Å². The van der Waals surface area contributed by atoms with Crippen LogP contribution in [0.5, 0.6) is 0 Å². The molecule has 4 aliphatic carbocycles. The fourth-order valence-electron chi connectivity index (χ4n) is 5.92. The molecule has 0 aromatic heterocycles. The van der Waals surface area contributed by atoms with Crippen molar-refractivity contribution in [1.29, 1.82) is 0 Å². The van der Waals surface area contributed by atoms with Crippen molar-refractivity contribution < 1.29 is 14.4 Å². The summed E-state index contributed by atoms with van der Waals surface area (Å²) >= 11 is 0. The van der Waals surface area contributed by atoms with Crippen LogP contribution in [0.3, 0.4) is 0 Å². The summed E-state index contributed by atoms with van der Waals surface area (Å²) in [5, 5.41) is 5.66. The van der Waals surface area contributed by atoms with Gasteiger partial charge in [0.2, 0.25) is 17.7 Å². The Morgan fingerprint density at radius 2 is 1.59 bits per heavy atom. The van der Waals surface area contributed by atoms with E-state index in [4.69, 9.17) is 5.73 Å². The number of hydrogen-bond acceptors (Lipinski definition) is 3. The Bertz CT molecular complexity index is 738. The Morgan fingerprint density at radius 1 is 1.00 bits per heavy atom. The van der Waals surface area contributed by atoms with Crippen molar-refractivity contribution >= 4 is 23.4 Å². The standard InChI is InChI=1S/C21H27N3O3/c22-18(25)8-16-3-1-2-4-17(16)24-19(26)12-23-20(27)21-9-13-5-14(10-21)7-15(6-13)11-21/h1-4,13-15H,5-12H2,(H2,22,25)(H,23,27)(H,24,26). The number of primary amides is 1. The molecule has 5 rings (SSSR count). The number of benzene rings is 1. The predicted molar refractivity (Wildman–Crippen MR) is 102 cm³/mol. The van der Waals surface area contributed by atoms with Gasteiger partial charge in [-0.1, -0.05) is 18.2 Å². The van der Waals surface area contributed by atoms with Crippen LogP contribution < -0.4 is 16.4 Å². The normalized spacial score (nSPS) is 30.7. The second kappa shape index (κ2) is 6.98. The highest BCUT2D eigenvalue weighted by molar-refractivity contribution is 5.96. The summed E-state index contributed by atoms with van der Waals surface area (Å²) in [6.07, 6.45) is 6.85. The zero-order valence-electron chi connectivity index (χ0n) is 15.5. The van der Waals surface area contributed by atoms with Gasteiger partial charge in [-0.05, 0) is 67.9 Å². The minimum absolute atomic E-state index is 0.0437. The fourth-order valence-corrected chi connectivity index (χ4v) is 5.92. The molecule has 0 atom stereocenters. The van der Waals surface area contributed by atoms with Gasteiger partial charge in [0.15, 0.2) is 0 Å². The summed E-state index contributed by atoms with van der Waals surface area (Å²) in [6.45, 7) is -0.0501. The van der Waals surface area contributed by atoms with Crippen LogP contribution in [0.25, 0.3) is 0 Å². The third kappa shape index (κ3) is 3.70. The molecular weight excluding hydrogens is 342 g/mol. The first kappa shape index (κ1) is 18.0. The Labute approximate surface area is 159 Å². The molecule has 4 aliphatic rings. The Morgan fingerprint density at radius 3 is 2.19 bits per heavy atom. The van der Waals surface area contributed by atoms with Crippen LogP contribution in [0.15, 0.2) is 24.3 Å². The third-order valence-corrected chi connectivity index (χ3v) is 6.59. The van der Waals surface area contributed by atoms with Crippen LogP contribution in [0.2, 0.25) is 0 Å².